The summed E-state index contributed by atoms with van der Waals surface area (Å²) in [6, 6.07) is 7.67. The monoisotopic (exact) mass is 324 g/mol. The zero-order chi connectivity index (χ0) is 16.9. The molecule has 0 spiro atoms. The molecule has 0 saturated carbocycles. The number of nitrogens with one attached hydrogen (secondary N) is 1. The first-order chi connectivity index (χ1) is 11.6. The van der Waals surface area contributed by atoms with Gasteiger partial charge in [0.25, 0.3) is 11.8 Å². The van der Waals surface area contributed by atoms with Gasteiger partial charge in [-0.15, -0.1) is 0 Å². The number of nitrogens with zero attached hydrogens (tertiary/aromatic N) is 3. The quantitative estimate of drug-likeness (QED) is 0.934. The molecule has 6 nitrogen and oxygen atoms in total. The zero-order valence-electron chi connectivity index (χ0n) is 13.6. The number of hydrogen-bond acceptors (Lipinski definition) is 4. The Balaban J connectivity index is 1.53. The SMILES string of the molecule is Cc1ccc(C(=O)N2CCC(NC(=O)c3cnccn3)CC2)cc1. The van der Waals surface area contributed by atoms with Crippen LogP contribution in [0.1, 0.15) is 39.3 Å². The van der Waals surface area contributed by atoms with Crippen molar-refractivity contribution in [3.8, 4) is 0 Å². The maximum absolute atomic E-state index is 12.5. The van der Waals surface area contributed by atoms with Gasteiger partial charge in [0.1, 0.15) is 5.69 Å². The van der Waals surface area contributed by atoms with Crippen molar-refractivity contribution in [2.75, 3.05) is 13.1 Å². The molecule has 1 aliphatic rings. The highest BCUT2D eigenvalue weighted by Crippen LogP contribution is 2.15. The van der Waals surface area contributed by atoms with Gasteiger partial charge in [-0.3, -0.25) is 14.6 Å². The summed E-state index contributed by atoms with van der Waals surface area (Å²) in [5.74, 6) is -0.167. The molecule has 1 aromatic heterocycles. The molecule has 1 N–H and O–H groups in total. The van der Waals surface area contributed by atoms with E-state index in [0.29, 0.717) is 24.3 Å². The molecule has 0 bridgehead atoms. The third kappa shape index (κ3) is 3.76. The number of rotatable bonds is 3. The van der Waals surface area contributed by atoms with E-state index in [1.165, 1.54) is 18.6 Å². The van der Waals surface area contributed by atoms with Crippen molar-refractivity contribution in [1.82, 2.24) is 20.2 Å². The first kappa shape index (κ1) is 16.1. The summed E-state index contributed by atoms with van der Waals surface area (Å²) < 4.78 is 0. The van der Waals surface area contributed by atoms with Crippen molar-refractivity contribution in [3.63, 3.8) is 0 Å². The Kier molecular flexibility index (Phi) is 4.84. The van der Waals surface area contributed by atoms with Crippen LogP contribution in [0.5, 0.6) is 0 Å². The van der Waals surface area contributed by atoms with Crippen molar-refractivity contribution in [2.45, 2.75) is 25.8 Å². The molecular weight excluding hydrogens is 304 g/mol. The molecule has 0 atom stereocenters. The number of aromatic nitrogens is 2. The smallest absolute Gasteiger partial charge is 0.271 e. The Bertz CT molecular complexity index is 708. The highest BCUT2D eigenvalue weighted by atomic mass is 16.2. The fraction of sp³-hybridized carbons (Fsp3) is 0.333. The summed E-state index contributed by atoms with van der Waals surface area (Å²) in [5, 5.41) is 2.96. The molecule has 24 heavy (non-hydrogen) atoms. The van der Waals surface area contributed by atoms with Crippen LogP contribution in [0.3, 0.4) is 0 Å². The summed E-state index contributed by atoms with van der Waals surface area (Å²) in [4.78, 5) is 34.3. The average molecular weight is 324 g/mol. The molecule has 2 heterocycles. The van der Waals surface area contributed by atoms with E-state index in [1.54, 1.807) is 0 Å². The summed E-state index contributed by atoms with van der Waals surface area (Å²) in [6.07, 6.45) is 5.96. The highest BCUT2D eigenvalue weighted by molar-refractivity contribution is 5.94. The lowest BCUT2D eigenvalue weighted by Crippen LogP contribution is -2.46. The first-order valence-electron chi connectivity index (χ1n) is 8.06. The largest absolute Gasteiger partial charge is 0.348 e. The summed E-state index contributed by atoms with van der Waals surface area (Å²) >= 11 is 0. The molecule has 0 unspecified atom stereocenters. The molecule has 124 valence electrons. The van der Waals surface area contributed by atoms with Gasteiger partial charge in [0.2, 0.25) is 0 Å². The lowest BCUT2D eigenvalue weighted by atomic mass is 10.0. The van der Waals surface area contributed by atoms with E-state index in [9.17, 15) is 9.59 Å². The lowest BCUT2D eigenvalue weighted by Gasteiger charge is -2.32. The maximum Gasteiger partial charge on any atom is 0.271 e. The van der Waals surface area contributed by atoms with Gasteiger partial charge in [0, 0.05) is 37.1 Å². The topological polar surface area (TPSA) is 75.2 Å². The number of likely N-dealkylation sites (tertiary alicyclic amines) is 1. The normalized spacial score (nSPS) is 15.1. The summed E-state index contributed by atoms with van der Waals surface area (Å²) in [7, 11) is 0. The van der Waals surface area contributed by atoms with E-state index in [-0.39, 0.29) is 17.9 Å². The molecule has 0 aliphatic carbocycles. The Hall–Kier alpha value is -2.76. The van der Waals surface area contributed by atoms with E-state index < -0.39 is 0 Å². The molecular formula is C18H20N4O2. The maximum atomic E-state index is 12.5. The number of amides is 2. The van der Waals surface area contributed by atoms with Crippen molar-refractivity contribution in [1.29, 1.82) is 0 Å². The molecule has 1 saturated heterocycles. The molecule has 1 aromatic carbocycles. The molecule has 1 aliphatic heterocycles. The van der Waals surface area contributed by atoms with Crippen molar-refractivity contribution < 1.29 is 9.59 Å². The van der Waals surface area contributed by atoms with Gasteiger partial charge in [0.15, 0.2) is 0 Å². The minimum atomic E-state index is -0.216. The lowest BCUT2D eigenvalue weighted by molar-refractivity contribution is 0.0697. The summed E-state index contributed by atoms with van der Waals surface area (Å²) in [6.45, 7) is 3.27. The summed E-state index contributed by atoms with van der Waals surface area (Å²) in [5.41, 5.74) is 2.16. The average Bonchev–Trinajstić information content (AvgIpc) is 2.63. The van der Waals surface area contributed by atoms with Gasteiger partial charge >= 0.3 is 0 Å². The first-order valence-corrected chi connectivity index (χ1v) is 8.06. The van der Waals surface area contributed by atoms with Crippen molar-refractivity contribution >= 4 is 11.8 Å². The Morgan fingerprint density at radius 3 is 2.46 bits per heavy atom. The molecule has 6 heteroatoms. The number of hydrogen-bond donors (Lipinski definition) is 1. The number of aryl methyl sites for hydroxylation is 1. The van der Waals surface area contributed by atoms with Gasteiger partial charge in [-0.05, 0) is 31.9 Å². The fourth-order valence-corrected chi connectivity index (χ4v) is 2.78. The number of piperidine rings is 1. The van der Waals surface area contributed by atoms with Gasteiger partial charge in [0.05, 0.1) is 6.20 Å². The van der Waals surface area contributed by atoms with Crippen molar-refractivity contribution in [2.24, 2.45) is 0 Å². The molecule has 2 aromatic rings. The van der Waals surface area contributed by atoms with Crippen LogP contribution in [-0.4, -0.2) is 45.8 Å². The third-order valence-corrected chi connectivity index (χ3v) is 4.21. The van der Waals surface area contributed by atoms with Gasteiger partial charge in [-0.1, -0.05) is 17.7 Å². The van der Waals surface area contributed by atoms with E-state index in [0.717, 1.165) is 18.4 Å². The van der Waals surface area contributed by atoms with Crippen LogP contribution in [0, 0.1) is 6.92 Å². The zero-order valence-corrected chi connectivity index (χ0v) is 13.6. The van der Waals surface area contributed by atoms with Gasteiger partial charge in [-0.2, -0.15) is 0 Å². The van der Waals surface area contributed by atoms with Crippen LogP contribution in [0.25, 0.3) is 0 Å². The van der Waals surface area contributed by atoms with Crippen LogP contribution >= 0.6 is 0 Å². The minimum Gasteiger partial charge on any atom is -0.348 e. The number of carbonyl (C=O) groups is 2. The standard InChI is InChI=1S/C18H20N4O2/c1-13-2-4-14(5-3-13)18(24)22-10-6-15(7-11-22)21-17(23)16-12-19-8-9-20-16/h2-5,8-9,12,15H,6-7,10-11H2,1H3,(H,21,23). The van der Waals surface area contributed by atoms with Crippen LogP contribution in [-0.2, 0) is 0 Å². The minimum absolute atomic E-state index is 0.0497. The predicted molar refractivity (Wildman–Crippen MR) is 89.6 cm³/mol. The van der Waals surface area contributed by atoms with Crippen LogP contribution in [0.15, 0.2) is 42.9 Å². The van der Waals surface area contributed by atoms with Crippen LogP contribution < -0.4 is 5.32 Å². The highest BCUT2D eigenvalue weighted by Gasteiger charge is 2.25. The van der Waals surface area contributed by atoms with E-state index in [1.807, 2.05) is 36.1 Å². The third-order valence-electron chi connectivity index (χ3n) is 4.21. The number of carbonyl (C=O) groups excluding carboxylic acids is 2. The Morgan fingerprint density at radius 2 is 1.83 bits per heavy atom. The van der Waals surface area contributed by atoms with Crippen molar-refractivity contribution in [3.05, 3.63) is 59.7 Å². The molecule has 2 amide bonds. The number of benzene rings is 1. The second-order valence-electron chi connectivity index (χ2n) is 6.00. The van der Waals surface area contributed by atoms with Gasteiger partial charge < -0.3 is 10.2 Å². The second-order valence-corrected chi connectivity index (χ2v) is 6.00. The van der Waals surface area contributed by atoms with E-state index in [2.05, 4.69) is 15.3 Å². The second kappa shape index (κ2) is 7.21. The van der Waals surface area contributed by atoms with E-state index >= 15 is 0 Å². The van der Waals surface area contributed by atoms with Crippen LogP contribution in [0.4, 0.5) is 0 Å². The fourth-order valence-electron chi connectivity index (χ4n) is 2.78. The Labute approximate surface area is 140 Å². The van der Waals surface area contributed by atoms with Gasteiger partial charge in [-0.25, -0.2) is 4.98 Å². The van der Waals surface area contributed by atoms with Crippen LogP contribution in [0.2, 0.25) is 0 Å². The van der Waals surface area contributed by atoms with E-state index in [4.69, 9.17) is 0 Å². The molecule has 0 radical (unpaired) electrons. The Morgan fingerprint density at radius 1 is 1.12 bits per heavy atom. The predicted octanol–water partition coefficient (Wildman–Crippen LogP) is 1.82. The molecule has 1 fully saturated rings. The molecule has 3 rings (SSSR count).